The third kappa shape index (κ3) is 5.22. The fraction of sp³-hybridized carbons (Fsp3) is 0.889. The quantitative estimate of drug-likeness (QED) is 0.649. The first-order valence-electron chi connectivity index (χ1n) is 4.04. The average molecular weight is 178 g/mol. The molecule has 0 saturated carbocycles. The fourth-order valence-corrected chi connectivity index (χ4v) is 0.708. The van der Waals surface area contributed by atoms with Gasteiger partial charge in [-0.05, 0) is 6.92 Å². The Balaban J connectivity index is 3.90. The number of carbonyl (C=O) groups excluding carboxylic acids is 1. The highest BCUT2D eigenvalue weighted by Gasteiger charge is 2.27. The Kier molecular flexibility index (Phi) is 3.36. The summed E-state index contributed by atoms with van der Waals surface area (Å²) in [6, 6.07) is 0. The molecule has 0 saturated heterocycles. The molecule has 3 heteroatoms. The molecule has 0 aliphatic carbocycles. The number of Topliss-reactive ketones (excluding diaryl/α,β-unsaturated/α-hetero) is 1. The van der Waals surface area contributed by atoms with Gasteiger partial charge in [0.1, 0.15) is 5.78 Å². The van der Waals surface area contributed by atoms with E-state index in [9.17, 15) is 13.6 Å². The van der Waals surface area contributed by atoms with Crippen LogP contribution in [-0.2, 0) is 4.79 Å². The van der Waals surface area contributed by atoms with E-state index in [1.165, 1.54) is 0 Å². The molecule has 0 rings (SSSR count). The van der Waals surface area contributed by atoms with Crippen LogP contribution in [0.3, 0.4) is 0 Å². The highest BCUT2D eigenvalue weighted by atomic mass is 19.3. The lowest BCUT2D eigenvalue weighted by molar-refractivity contribution is -0.128. The van der Waals surface area contributed by atoms with E-state index in [2.05, 4.69) is 0 Å². The molecule has 0 aliphatic heterocycles. The zero-order valence-corrected chi connectivity index (χ0v) is 8.08. The van der Waals surface area contributed by atoms with Crippen molar-refractivity contribution in [1.82, 2.24) is 0 Å². The summed E-state index contributed by atoms with van der Waals surface area (Å²) in [4.78, 5) is 11.2. The van der Waals surface area contributed by atoms with Crippen molar-refractivity contribution in [2.45, 2.75) is 46.5 Å². The van der Waals surface area contributed by atoms with Gasteiger partial charge < -0.3 is 0 Å². The van der Waals surface area contributed by atoms with E-state index in [-0.39, 0.29) is 18.6 Å². The molecule has 0 fully saturated rings. The van der Waals surface area contributed by atoms with E-state index in [0.717, 1.165) is 6.92 Å². The first-order chi connectivity index (χ1) is 5.13. The predicted octanol–water partition coefficient (Wildman–Crippen LogP) is 3.04. The summed E-state index contributed by atoms with van der Waals surface area (Å²) in [6.07, 6.45) is -0.379. The Hall–Kier alpha value is -0.470. The standard InChI is InChI=1S/C9H16F2O/c1-8(2,3)7(12)5-6-9(4,10)11/h5-6H2,1-4H3. The van der Waals surface area contributed by atoms with Crippen molar-refractivity contribution in [2.75, 3.05) is 0 Å². The van der Waals surface area contributed by atoms with E-state index in [4.69, 9.17) is 0 Å². The second kappa shape index (κ2) is 3.50. The maximum Gasteiger partial charge on any atom is 0.245 e. The Bertz CT molecular complexity index is 162. The molecule has 0 bridgehead atoms. The van der Waals surface area contributed by atoms with Gasteiger partial charge in [0.15, 0.2) is 0 Å². The smallest absolute Gasteiger partial charge is 0.245 e. The number of rotatable bonds is 3. The zero-order valence-electron chi connectivity index (χ0n) is 8.08. The van der Waals surface area contributed by atoms with Crippen molar-refractivity contribution in [3.8, 4) is 0 Å². The van der Waals surface area contributed by atoms with Gasteiger partial charge in [0.05, 0.1) is 0 Å². The first-order valence-corrected chi connectivity index (χ1v) is 4.04. The van der Waals surface area contributed by atoms with Crippen molar-refractivity contribution in [3.05, 3.63) is 0 Å². The maximum absolute atomic E-state index is 12.3. The first kappa shape index (κ1) is 11.5. The van der Waals surface area contributed by atoms with Crippen molar-refractivity contribution in [2.24, 2.45) is 5.41 Å². The van der Waals surface area contributed by atoms with E-state index in [0.29, 0.717) is 0 Å². The minimum Gasteiger partial charge on any atom is -0.299 e. The van der Waals surface area contributed by atoms with Gasteiger partial charge in [-0.3, -0.25) is 4.79 Å². The number of carbonyl (C=O) groups is 1. The van der Waals surface area contributed by atoms with Crippen LogP contribution in [-0.4, -0.2) is 11.7 Å². The van der Waals surface area contributed by atoms with Crippen LogP contribution >= 0.6 is 0 Å². The molecule has 0 spiro atoms. The van der Waals surface area contributed by atoms with Gasteiger partial charge in [0.2, 0.25) is 5.92 Å². The van der Waals surface area contributed by atoms with Gasteiger partial charge in [-0.2, -0.15) is 0 Å². The average Bonchev–Trinajstić information content (AvgIpc) is 1.78. The summed E-state index contributed by atoms with van der Waals surface area (Å²) in [5.74, 6) is -2.83. The molecule has 0 heterocycles. The van der Waals surface area contributed by atoms with Crippen molar-refractivity contribution >= 4 is 5.78 Å². The van der Waals surface area contributed by atoms with Crippen LogP contribution in [0.25, 0.3) is 0 Å². The summed E-state index contributed by atoms with van der Waals surface area (Å²) >= 11 is 0. The largest absolute Gasteiger partial charge is 0.299 e. The van der Waals surface area contributed by atoms with E-state index in [1.807, 2.05) is 0 Å². The van der Waals surface area contributed by atoms with Gasteiger partial charge in [-0.15, -0.1) is 0 Å². The van der Waals surface area contributed by atoms with E-state index >= 15 is 0 Å². The van der Waals surface area contributed by atoms with Crippen LogP contribution in [0.5, 0.6) is 0 Å². The van der Waals surface area contributed by atoms with Crippen LogP contribution in [0.4, 0.5) is 8.78 Å². The highest BCUT2D eigenvalue weighted by molar-refractivity contribution is 5.83. The molecule has 0 radical (unpaired) electrons. The van der Waals surface area contributed by atoms with Crippen LogP contribution in [0.15, 0.2) is 0 Å². The zero-order chi connectivity index (χ0) is 9.99. The Labute approximate surface area is 72.2 Å². The highest BCUT2D eigenvalue weighted by Crippen LogP contribution is 2.23. The van der Waals surface area contributed by atoms with Crippen molar-refractivity contribution in [3.63, 3.8) is 0 Å². The molecule has 0 N–H and O–H groups in total. The summed E-state index contributed by atoms with van der Waals surface area (Å²) in [5.41, 5.74) is -0.495. The van der Waals surface area contributed by atoms with Crippen molar-refractivity contribution in [1.29, 1.82) is 0 Å². The van der Waals surface area contributed by atoms with Gasteiger partial charge >= 0.3 is 0 Å². The molecule has 0 atom stereocenters. The number of hydrogen-bond acceptors (Lipinski definition) is 1. The van der Waals surface area contributed by atoms with Crippen LogP contribution in [0.1, 0.15) is 40.5 Å². The van der Waals surface area contributed by atoms with Gasteiger partial charge in [0, 0.05) is 18.3 Å². The fourth-order valence-electron chi connectivity index (χ4n) is 0.708. The molecule has 0 aromatic carbocycles. The normalized spacial score (nSPS) is 13.2. The molecule has 72 valence electrons. The second-order valence-corrected chi connectivity index (χ2v) is 4.24. The molecular weight excluding hydrogens is 162 g/mol. The van der Waals surface area contributed by atoms with Crippen molar-refractivity contribution < 1.29 is 13.6 Å². The number of halogens is 2. The van der Waals surface area contributed by atoms with E-state index < -0.39 is 11.3 Å². The molecule has 12 heavy (non-hydrogen) atoms. The third-order valence-corrected chi connectivity index (χ3v) is 1.63. The topological polar surface area (TPSA) is 17.1 Å². The van der Waals surface area contributed by atoms with E-state index in [1.54, 1.807) is 20.8 Å². The second-order valence-electron chi connectivity index (χ2n) is 4.24. The van der Waals surface area contributed by atoms with Crippen LogP contribution < -0.4 is 0 Å². The van der Waals surface area contributed by atoms with Gasteiger partial charge in [-0.1, -0.05) is 20.8 Å². The molecule has 0 unspecified atom stereocenters. The summed E-state index contributed by atoms with van der Waals surface area (Å²) in [5, 5.41) is 0. The molecule has 0 aromatic rings. The van der Waals surface area contributed by atoms with Crippen LogP contribution in [0, 0.1) is 5.41 Å². The van der Waals surface area contributed by atoms with Gasteiger partial charge in [0.25, 0.3) is 0 Å². The lowest BCUT2D eigenvalue weighted by Crippen LogP contribution is -2.22. The Morgan fingerprint density at radius 3 is 1.83 bits per heavy atom. The summed E-state index contributed by atoms with van der Waals surface area (Å²) < 4.78 is 24.6. The van der Waals surface area contributed by atoms with Gasteiger partial charge in [-0.25, -0.2) is 8.78 Å². The molecule has 0 aromatic heterocycles. The number of alkyl halides is 2. The maximum atomic E-state index is 12.3. The SMILES string of the molecule is CC(F)(F)CCC(=O)C(C)(C)C. The minimum absolute atomic E-state index is 0.0347. The predicted molar refractivity (Wildman–Crippen MR) is 44.3 cm³/mol. The lowest BCUT2D eigenvalue weighted by atomic mass is 9.88. The monoisotopic (exact) mass is 178 g/mol. The molecule has 1 nitrogen and oxygen atoms in total. The molecule has 0 aliphatic rings. The third-order valence-electron chi connectivity index (χ3n) is 1.63. The molecule has 0 amide bonds. The Morgan fingerprint density at radius 2 is 1.58 bits per heavy atom. The minimum atomic E-state index is -2.72. The number of hydrogen-bond donors (Lipinski definition) is 0. The summed E-state index contributed by atoms with van der Waals surface area (Å²) in [7, 11) is 0. The van der Waals surface area contributed by atoms with Crippen LogP contribution in [0.2, 0.25) is 0 Å². The Morgan fingerprint density at radius 1 is 1.17 bits per heavy atom. The lowest BCUT2D eigenvalue weighted by Gasteiger charge is -2.17. The number of ketones is 1. The molecular formula is C9H16F2O. The summed E-state index contributed by atoms with van der Waals surface area (Å²) in [6.45, 7) is 6.05.